The zero-order valence-electron chi connectivity index (χ0n) is 13.9. The molecule has 1 aliphatic heterocycles. The lowest BCUT2D eigenvalue weighted by molar-refractivity contribution is 0.000149. The number of nitrogens with zero attached hydrogens (tertiary/aromatic N) is 1. The molecule has 0 radical (unpaired) electrons. The molecule has 0 atom stereocenters. The van der Waals surface area contributed by atoms with Crippen LogP contribution in [0, 0.1) is 5.82 Å². The SMILES string of the molecule is Fc1cccc(OC2CN(C(c3ccccc3)c3ccccc3)C2)c1. The fraction of sp³-hybridized carbons (Fsp3) is 0.182. The molecule has 1 saturated heterocycles. The Morgan fingerprint density at radius 2 is 1.40 bits per heavy atom. The molecule has 3 heteroatoms. The van der Waals surface area contributed by atoms with E-state index in [0.717, 1.165) is 13.1 Å². The molecule has 0 unspecified atom stereocenters. The second-order valence-corrected chi connectivity index (χ2v) is 6.38. The first kappa shape index (κ1) is 15.9. The van der Waals surface area contributed by atoms with Crippen molar-refractivity contribution in [3.8, 4) is 5.75 Å². The lowest BCUT2D eigenvalue weighted by Crippen LogP contribution is -2.55. The van der Waals surface area contributed by atoms with Crippen molar-refractivity contribution >= 4 is 0 Å². The van der Waals surface area contributed by atoms with Crippen LogP contribution in [0.25, 0.3) is 0 Å². The fourth-order valence-electron chi connectivity index (χ4n) is 3.37. The molecule has 1 aliphatic rings. The van der Waals surface area contributed by atoms with Gasteiger partial charge in [-0.05, 0) is 23.3 Å². The summed E-state index contributed by atoms with van der Waals surface area (Å²) in [5.74, 6) is 0.334. The van der Waals surface area contributed by atoms with E-state index < -0.39 is 0 Å². The van der Waals surface area contributed by atoms with E-state index in [1.165, 1.54) is 23.3 Å². The minimum atomic E-state index is -0.264. The third-order valence-electron chi connectivity index (χ3n) is 4.57. The third kappa shape index (κ3) is 3.57. The van der Waals surface area contributed by atoms with E-state index in [-0.39, 0.29) is 18.0 Å². The van der Waals surface area contributed by atoms with Gasteiger partial charge >= 0.3 is 0 Å². The number of benzene rings is 3. The van der Waals surface area contributed by atoms with Crippen LogP contribution in [0.1, 0.15) is 17.2 Å². The monoisotopic (exact) mass is 333 g/mol. The van der Waals surface area contributed by atoms with Gasteiger partial charge in [0.15, 0.2) is 0 Å². The van der Waals surface area contributed by atoms with Gasteiger partial charge in [0.25, 0.3) is 0 Å². The summed E-state index contributed by atoms with van der Waals surface area (Å²) in [6, 6.07) is 27.6. The number of likely N-dealkylation sites (tertiary alicyclic amines) is 1. The van der Waals surface area contributed by atoms with Crippen molar-refractivity contribution in [3.05, 3.63) is 102 Å². The molecule has 2 nitrogen and oxygen atoms in total. The molecule has 0 aliphatic carbocycles. The second kappa shape index (κ2) is 7.08. The maximum Gasteiger partial charge on any atom is 0.126 e. The minimum absolute atomic E-state index is 0.0942. The van der Waals surface area contributed by atoms with Crippen molar-refractivity contribution in [2.45, 2.75) is 12.1 Å². The fourth-order valence-corrected chi connectivity index (χ4v) is 3.37. The predicted molar refractivity (Wildman–Crippen MR) is 97.1 cm³/mol. The molecule has 1 heterocycles. The Morgan fingerprint density at radius 1 is 0.800 bits per heavy atom. The van der Waals surface area contributed by atoms with Gasteiger partial charge in [-0.2, -0.15) is 0 Å². The highest BCUT2D eigenvalue weighted by molar-refractivity contribution is 5.32. The van der Waals surface area contributed by atoms with E-state index >= 15 is 0 Å². The summed E-state index contributed by atoms with van der Waals surface area (Å²) in [6.45, 7) is 1.65. The van der Waals surface area contributed by atoms with Crippen LogP contribution >= 0.6 is 0 Å². The Morgan fingerprint density at radius 3 is 1.96 bits per heavy atom. The average Bonchev–Trinajstić information content (AvgIpc) is 2.62. The third-order valence-corrected chi connectivity index (χ3v) is 4.57. The summed E-state index contributed by atoms with van der Waals surface area (Å²) in [5, 5.41) is 0. The maximum absolute atomic E-state index is 13.3. The number of rotatable bonds is 5. The average molecular weight is 333 g/mol. The van der Waals surface area contributed by atoms with Crippen LogP contribution in [0.3, 0.4) is 0 Å². The van der Waals surface area contributed by atoms with Crippen LogP contribution in [-0.2, 0) is 0 Å². The molecule has 25 heavy (non-hydrogen) atoms. The van der Waals surface area contributed by atoms with Crippen LogP contribution in [-0.4, -0.2) is 24.1 Å². The van der Waals surface area contributed by atoms with E-state index in [2.05, 4.69) is 53.4 Å². The van der Waals surface area contributed by atoms with Crippen molar-refractivity contribution in [2.75, 3.05) is 13.1 Å². The molecular formula is C22H20FNO. The largest absolute Gasteiger partial charge is 0.488 e. The smallest absolute Gasteiger partial charge is 0.126 e. The van der Waals surface area contributed by atoms with Gasteiger partial charge in [0.1, 0.15) is 17.7 Å². The minimum Gasteiger partial charge on any atom is -0.488 e. The Bertz CT molecular complexity index is 776. The van der Waals surface area contributed by atoms with Gasteiger partial charge in [0.2, 0.25) is 0 Å². The van der Waals surface area contributed by atoms with Crippen LogP contribution in [0.2, 0.25) is 0 Å². The summed E-state index contributed by atoms with van der Waals surface area (Å²) in [5.41, 5.74) is 2.55. The van der Waals surface area contributed by atoms with Crippen molar-refractivity contribution < 1.29 is 9.13 Å². The van der Waals surface area contributed by atoms with Crippen molar-refractivity contribution in [1.82, 2.24) is 4.90 Å². The van der Waals surface area contributed by atoms with Gasteiger partial charge < -0.3 is 4.74 Å². The number of halogens is 1. The topological polar surface area (TPSA) is 12.5 Å². The number of ether oxygens (including phenoxy) is 1. The molecular weight excluding hydrogens is 313 g/mol. The first-order chi connectivity index (χ1) is 12.3. The molecule has 3 aromatic rings. The molecule has 0 bridgehead atoms. The van der Waals surface area contributed by atoms with Crippen LogP contribution in [0.4, 0.5) is 4.39 Å². The van der Waals surface area contributed by atoms with Gasteiger partial charge in [0.05, 0.1) is 6.04 Å². The van der Waals surface area contributed by atoms with Gasteiger partial charge in [-0.3, -0.25) is 4.90 Å². The van der Waals surface area contributed by atoms with E-state index in [4.69, 9.17) is 4.74 Å². The quantitative estimate of drug-likeness (QED) is 0.672. The lowest BCUT2D eigenvalue weighted by atomic mass is 9.94. The lowest BCUT2D eigenvalue weighted by Gasteiger charge is -2.44. The van der Waals surface area contributed by atoms with Gasteiger partial charge in [-0.15, -0.1) is 0 Å². The molecule has 1 fully saturated rings. The highest BCUT2D eigenvalue weighted by Crippen LogP contribution is 2.33. The van der Waals surface area contributed by atoms with Gasteiger partial charge in [-0.25, -0.2) is 4.39 Å². The second-order valence-electron chi connectivity index (χ2n) is 6.38. The normalized spacial score (nSPS) is 15.1. The van der Waals surface area contributed by atoms with Crippen LogP contribution < -0.4 is 4.74 Å². The first-order valence-corrected chi connectivity index (χ1v) is 8.56. The predicted octanol–water partition coefficient (Wildman–Crippen LogP) is 4.68. The molecule has 0 N–H and O–H groups in total. The van der Waals surface area contributed by atoms with E-state index in [0.29, 0.717) is 5.75 Å². The number of hydrogen-bond donors (Lipinski definition) is 0. The maximum atomic E-state index is 13.3. The zero-order valence-corrected chi connectivity index (χ0v) is 13.9. The summed E-state index contributed by atoms with van der Waals surface area (Å²) in [4.78, 5) is 2.40. The molecule has 0 aromatic heterocycles. The summed E-state index contributed by atoms with van der Waals surface area (Å²) in [6.07, 6.45) is 0.0942. The molecule has 4 rings (SSSR count). The van der Waals surface area contributed by atoms with E-state index in [9.17, 15) is 4.39 Å². The summed E-state index contributed by atoms with van der Waals surface area (Å²) < 4.78 is 19.2. The van der Waals surface area contributed by atoms with Crippen molar-refractivity contribution in [1.29, 1.82) is 0 Å². The Kier molecular flexibility index (Phi) is 4.49. The molecule has 126 valence electrons. The highest BCUT2D eigenvalue weighted by atomic mass is 19.1. The van der Waals surface area contributed by atoms with E-state index in [1.807, 2.05) is 12.1 Å². The molecule has 0 amide bonds. The molecule has 0 saturated carbocycles. The van der Waals surface area contributed by atoms with Crippen LogP contribution in [0.5, 0.6) is 5.75 Å². The van der Waals surface area contributed by atoms with Gasteiger partial charge in [0, 0.05) is 19.2 Å². The standard InChI is InChI=1S/C22H20FNO/c23-19-12-7-13-20(14-19)25-21-15-24(16-21)22(17-8-3-1-4-9-17)18-10-5-2-6-11-18/h1-14,21-22H,15-16H2. The zero-order chi connectivity index (χ0) is 17.1. The summed E-state index contributed by atoms with van der Waals surface area (Å²) >= 11 is 0. The number of hydrogen-bond acceptors (Lipinski definition) is 2. The van der Waals surface area contributed by atoms with E-state index in [1.54, 1.807) is 12.1 Å². The Balaban J connectivity index is 1.49. The van der Waals surface area contributed by atoms with Crippen molar-refractivity contribution in [3.63, 3.8) is 0 Å². The Hall–Kier alpha value is -2.65. The Labute approximate surface area is 147 Å². The molecule has 0 spiro atoms. The summed E-state index contributed by atoms with van der Waals surface area (Å²) in [7, 11) is 0. The van der Waals surface area contributed by atoms with Crippen molar-refractivity contribution in [2.24, 2.45) is 0 Å². The van der Waals surface area contributed by atoms with Crippen LogP contribution in [0.15, 0.2) is 84.9 Å². The highest BCUT2D eigenvalue weighted by Gasteiger charge is 2.35. The van der Waals surface area contributed by atoms with Gasteiger partial charge in [-0.1, -0.05) is 66.7 Å². The molecule has 3 aromatic carbocycles. The first-order valence-electron chi connectivity index (χ1n) is 8.56.